The average Bonchev–Trinajstić information content (AvgIpc) is 2.62. The molecule has 1 aliphatic carbocycles. The number of ether oxygens (including phenoxy) is 1. The van der Waals surface area contributed by atoms with E-state index in [0.29, 0.717) is 5.02 Å². The van der Waals surface area contributed by atoms with Crippen LogP contribution in [0.5, 0.6) is 11.5 Å². The Morgan fingerprint density at radius 1 is 0.889 bits per heavy atom. The number of carbonyl (C=O) groups is 2. The Morgan fingerprint density at radius 2 is 1.63 bits per heavy atom. The minimum absolute atomic E-state index is 0.0128. The normalized spacial score (nSPS) is 12.5. The van der Waals surface area contributed by atoms with E-state index in [1.165, 1.54) is 48.5 Å². The molecule has 0 fully saturated rings. The largest absolute Gasteiger partial charge is 0.455 e. The molecule has 0 spiro atoms. The van der Waals surface area contributed by atoms with Crippen LogP contribution in [0.25, 0.3) is 0 Å². The van der Waals surface area contributed by atoms with Crippen LogP contribution in [0.2, 0.25) is 5.02 Å². The maximum atomic E-state index is 13.4. The second-order valence-electron chi connectivity index (χ2n) is 6.04. The van der Waals surface area contributed by atoms with E-state index >= 15 is 0 Å². The Morgan fingerprint density at radius 3 is 2.37 bits per heavy atom. The van der Waals surface area contributed by atoms with Crippen molar-refractivity contribution in [3.05, 3.63) is 81.6 Å². The van der Waals surface area contributed by atoms with Crippen molar-refractivity contribution in [1.29, 1.82) is 0 Å². The fourth-order valence-electron chi connectivity index (χ4n) is 3.09. The van der Waals surface area contributed by atoms with Crippen molar-refractivity contribution >= 4 is 34.5 Å². The van der Waals surface area contributed by atoms with Gasteiger partial charge in [-0.3, -0.25) is 9.59 Å². The summed E-state index contributed by atoms with van der Waals surface area (Å²) in [5, 5.41) is 0.330. The first kappa shape index (κ1) is 17.1. The molecule has 0 aromatic heterocycles. The van der Waals surface area contributed by atoms with Crippen molar-refractivity contribution in [1.82, 2.24) is 0 Å². The molecule has 0 unspecified atom stereocenters. The number of nitrogen functional groups attached to an aromatic ring is 2. The first-order chi connectivity index (χ1) is 12.9. The monoisotopic (exact) mass is 382 g/mol. The van der Waals surface area contributed by atoms with E-state index < -0.39 is 17.4 Å². The molecular weight excluding hydrogens is 371 g/mol. The van der Waals surface area contributed by atoms with Crippen LogP contribution in [-0.4, -0.2) is 11.6 Å². The molecule has 0 atom stereocenters. The Balaban J connectivity index is 1.88. The second-order valence-corrected chi connectivity index (χ2v) is 6.47. The molecule has 7 heteroatoms. The van der Waals surface area contributed by atoms with Gasteiger partial charge >= 0.3 is 0 Å². The molecule has 1 aliphatic rings. The molecule has 3 aromatic carbocycles. The Hall–Kier alpha value is -3.38. The number of anilines is 2. The van der Waals surface area contributed by atoms with E-state index in [0.717, 1.165) is 0 Å². The van der Waals surface area contributed by atoms with Gasteiger partial charge in [-0.2, -0.15) is 0 Å². The number of carbonyl (C=O) groups excluding carboxylic acids is 2. The number of nitrogens with two attached hydrogens (primary N) is 2. The Bertz CT molecular complexity index is 1140. The highest BCUT2D eigenvalue weighted by Crippen LogP contribution is 2.41. The maximum Gasteiger partial charge on any atom is 0.196 e. The van der Waals surface area contributed by atoms with Gasteiger partial charge in [-0.15, -0.1) is 0 Å². The summed E-state index contributed by atoms with van der Waals surface area (Å²) in [5.41, 5.74) is 12.5. The molecule has 0 radical (unpaired) electrons. The van der Waals surface area contributed by atoms with Crippen LogP contribution in [0.15, 0.2) is 48.5 Å². The first-order valence-corrected chi connectivity index (χ1v) is 8.29. The summed E-state index contributed by atoms with van der Waals surface area (Å²) in [7, 11) is 0. The Kier molecular flexibility index (Phi) is 3.86. The van der Waals surface area contributed by atoms with Crippen LogP contribution >= 0.6 is 11.6 Å². The van der Waals surface area contributed by atoms with E-state index in [9.17, 15) is 14.0 Å². The molecule has 5 nitrogen and oxygen atoms in total. The topological polar surface area (TPSA) is 95.4 Å². The van der Waals surface area contributed by atoms with Gasteiger partial charge in [-0.25, -0.2) is 4.39 Å². The second kappa shape index (κ2) is 6.10. The van der Waals surface area contributed by atoms with Gasteiger partial charge in [0.15, 0.2) is 17.3 Å². The summed E-state index contributed by atoms with van der Waals surface area (Å²) in [6.45, 7) is 0. The van der Waals surface area contributed by atoms with Gasteiger partial charge in [0, 0.05) is 34.0 Å². The number of rotatable bonds is 2. The summed E-state index contributed by atoms with van der Waals surface area (Å²) < 4.78 is 19.0. The van der Waals surface area contributed by atoms with Gasteiger partial charge in [0.05, 0.1) is 16.8 Å². The van der Waals surface area contributed by atoms with Crippen LogP contribution in [-0.2, 0) is 0 Å². The predicted molar refractivity (Wildman–Crippen MR) is 100 cm³/mol. The van der Waals surface area contributed by atoms with Gasteiger partial charge in [-0.05, 0) is 30.3 Å². The molecule has 0 bridgehead atoms. The molecule has 0 saturated carbocycles. The van der Waals surface area contributed by atoms with Gasteiger partial charge in [0.25, 0.3) is 0 Å². The number of hydrogen-bond acceptors (Lipinski definition) is 5. The van der Waals surface area contributed by atoms with Crippen LogP contribution in [0.3, 0.4) is 0 Å². The molecule has 134 valence electrons. The lowest BCUT2D eigenvalue weighted by molar-refractivity contribution is 0.0980. The summed E-state index contributed by atoms with van der Waals surface area (Å²) in [5.74, 6) is -1.14. The van der Waals surface area contributed by atoms with Crippen molar-refractivity contribution in [2.75, 3.05) is 11.5 Å². The van der Waals surface area contributed by atoms with Gasteiger partial charge in [0.2, 0.25) is 0 Å². The first-order valence-electron chi connectivity index (χ1n) is 7.91. The standard InChI is InChI=1S/C20H12ClFN2O3/c21-9-4-5-12-13(6-9)20(26)16-14(23)8-15(18(24)17(16)19(12)25)27-11-3-1-2-10(22)7-11/h1-8H,23-24H2. The minimum atomic E-state index is -0.492. The lowest BCUT2D eigenvalue weighted by Crippen LogP contribution is -2.24. The molecule has 27 heavy (non-hydrogen) atoms. The van der Waals surface area contributed by atoms with E-state index in [1.54, 1.807) is 0 Å². The van der Waals surface area contributed by atoms with E-state index in [4.69, 9.17) is 27.8 Å². The maximum absolute atomic E-state index is 13.4. The summed E-state index contributed by atoms with van der Waals surface area (Å²) in [6.07, 6.45) is 0. The number of halogens is 2. The Labute approximate surface area is 158 Å². The highest BCUT2D eigenvalue weighted by molar-refractivity contribution is 6.35. The van der Waals surface area contributed by atoms with Crippen LogP contribution in [0.4, 0.5) is 15.8 Å². The molecule has 0 aliphatic heterocycles. The van der Waals surface area contributed by atoms with Crippen molar-refractivity contribution in [3.8, 4) is 11.5 Å². The molecule has 4 N–H and O–H groups in total. The third kappa shape index (κ3) is 2.71. The third-order valence-corrected chi connectivity index (χ3v) is 4.54. The minimum Gasteiger partial charge on any atom is -0.455 e. The highest BCUT2D eigenvalue weighted by atomic mass is 35.5. The zero-order valence-corrected chi connectivity index (χ0v) is 14.5. The number of benzene rings is 3. The quantitative estimate of drug-likeness (QED) is 0.506. The SMILES string of the molecule is Nc1cc(Oc2cccc(F)c2)c(N)c2c1C(=O)c1cc(Cl)ccc1C2=O. The molecule has 0 amide bonds. The highest BCUT2D eigenvalue weighted by Gasteiger charge is 2.34. The summed E-state index contributed by atoms with van der Waals surface area (Å²) in [6, 6.07) is 11.2. The third-order valence-electron chi connectivity index (χ3n) is 4.31. The molecular formula is C20H12ClFN2O3. The lowest BCUT2D eigenvalue weighted by Gasteiger charge is -2.22. The summed E-state index contributed by atoms with van der Waals surface area (Å²) in [4.78, 5) is 25.8. The predicted octanol–water partition coefficient (Wildman–Crippen LogP) is 4.21. The lowest BCUT2D eigenvalue weighted by atomic mass is 9.82. The van der Waals surface area contributed by atoms with E-state index in [1.807, 2.05) is 0 Å². The molecule has 0 saturated heterocycles. The zero-order chi connectivity index (χ0) is 19.3. The average molecular weight is 383 g/mol. The molecule has 3 aromatic rings. The smallest absolute Gasteiger partial charge is 0.196 e. The molecule has 4 rings (SSSR count). The van der Waals surface area contributed by atoms with Crippen molar-refractivity contribution in [3.63, 3.8) is 0 Å². The summed E-state index contributed by atoms with van der Waals surface area (Å²) >= 11 is 5.95. The van der Waals surface area contributed by atoms with Crippen molar-refractivity contribution in [2.45, 2.75) is 0 Å². The van der Waals surface area contributed by atoms with E-state index in [-0.39, 0.29) is 45.1 Å². The van der Waals surface area contributed by atoms with Crippen LogP contribution in [0, 0.1) is 5.82 Å². The van der Waals surface area contributed by atoms with Gasteiger partial charge in [0.1, 0.15) is 11.6 Å². The van der Waals surface area contributed by atoms with Gasteiger partial charge in [-0.1, -0.05) is 17.7 Å². The van der Waals surface area contributed by atoms with Gasteiger partial charge < -0.3 is 16.2 Å². The fraction of sp³-hybridized carbons (Fsp3) is 0. The number of ketones is 2. The number of fused-ring (bicyclic) bond motifs is 2. The van der Waals surface area contributed by atoms with Crippen molar-refractivity contribution in [2.24, 2.45) is 0 Å². The number of hydrogen-bond donors (Lipinski definition) is 2. The zero-order valence-electron chi connectivity index (χ0n) is 13.8. The molecule has 0 heterocycles. The van der Waals surface area contributed by atoms with E-state index in [2.05, 4.69) is 0 Å². The van der Waals surface area contributed by atoms with Crippen LogP contribution < -0.4 is 16.2 Å². The fourth-order valence-corrected chi connectivity index (χ4v) is 3.26. The van der Waals surface area contributed by atoms with Crippen LogP contribution in [0.1, 0.15) is 31.8 Å². The van der Waals surface area contributed by atoms with Crippen molar-refractivity contribution < 1.29 is 18.7 Å².